The van der Waals surface area contributed by atoms with E-state index in [2.05, 4.69) is 43.9 Å². The van der Waals surface area contributed by atoms with Gasteiger partial charge in [0.25, 0.3) is 0 Å². The number of nitrogens with two attached hydrogens (primary N) is 1. The molecule has 2 N–H and O–H groups in total. The van der Waals surface area contributed by atoms with Crippen LogP contribution in [0, 0.1) is 13.8 Å². The fraction of sp³-hybridized carbons (Fsp3) is 0.625. The third-order valence-electron chi connectivity index (χ3n) is 4.20. The van der Waals surface area contributed by atoms with Crippen molar-refractivity contribution in [2.75, 3.05) is 13.1 Å². The van der Waals surface area contributed by atoms with Crippen molar-refractivity contribution in [3.8, 4) is 0 Å². The SMILES string of the molecule is Cc1ccc(C(N)CN2CCCCC2C)c(C)c1. The van der Waals surface area contributed by atoms with Crippen LogP contribution in [0.3, 0.4) is 0 Å². The molecule has 2 heteroatoms. The summed E-state index contributed by atoms with van der Waals surface area (Å²) in [4.78, 5) is 2.55. The normalized spacial score (nSPS) is 23.0. The summed E-state index contributed by atoms with van der Waals surface area (Å²) in [6, 6.07) is 7.43. The van der Waals surface area contributed by atoms with Crippen molar-refractivity contribution in [2.45, 2.75) is 52.1 Å². The molecule has 1 fully saturated rings. The van der Waals surface area contributed by atoms with E-state index in [0.29, 0.717) is 6.04 Å². The molecule has 0 saturated carbocycles. The first-order chi connectivity index (χ1) is 8.58. The number of benzene rings is 1. The van der Waals surface area contributed by atoms with Crippen LogP contribution in [0.5, 0.6) is 0 Å². The lowest BCUT2D eigenvalue weighted by atomic mass is 9.97. The maximum atomic E-state index is 6.40. The molecule has 0 bridgehead atoms. The van der Waals surface area contributed by atoms with E-state index in [0.717, 1.165) is 6.54 Å². The molecule has 2 atom stereocenters. The van der Waals surface area contributed by atoms with Crippen molar-refractivity contribution in [1.82, 2.24) is 4.90 Å². The van der Waals surface area contributed by atoms with E-state index in [9.17, 15) is 0 Å². The molecule has 1 saturated heterocycles. The Morgan fingerprint density at radius 3 is 2.78 bits per heavy atom. The van der Waals surface area contributed by atoms with E-state index >= 15 is 0 Å². The molecule has 0 aromatic heterocycles. The first kappa shape index (κ1) is 13.6. The van der Waals surface area contributed by atoms with Gasteiger partial charge in [-0.2, -0.15) is 0 Å². The topological polar surface area (TPSA) is 29.3 Å². The fourth-order valence-corrected chi connectivity index (χ4v) is 3.02. The van der Waals surface area contributed by atoms with E-state index in [1.165, 1.54) is 42.5 Å². The predicted molar refractivity (Wildman–Crippen MR) is 77.7 cm³/mol. The van der Waals surface area contributed by atoms with Crippen LogP contribution in [0.2, 0.25) is 0 Å². The number of likely N-dealkylation sites (tertiary alicyclic amines) is 1. The first-order valence-corrected chi connectivity index (χ1v) is 7.14. The first-order valence-electron chi connectivity index (χ1n) is 7.14. The molecule has 1 aliphatic heterocycles. The van der Waals surface area contributed by atoms with Crippen LogP contribution >= 0.6 is 0 Å². The Kier molecular flexibility index (Phi) is 4.41. The number of piperidine rings is 1. The van der Waals surface area contributed by atoms with E-state index in [1.54, 1.807) is 0 Å². The molecule has 0 amide bonds. The summed E-state index contributed by atoms with van der Waals surface area (Å²) in [5, 5.41) is 0. The lowest BCUT2D eigenvalue weighted by Gasteiger charge is -2.35. The van der Waals surface area contributed by atoms with Gasteiger partial charge in [0, 0.05) is 18.6 Å². The van der Waals surface area contributed by atoms with E-state index in [-0.39, 0.29) is 6.04 Å². The van der Waals surface area contributed by atoms with Gasteiger partial charge in [-0.05, 0) is 51.3 Å². The molecule has 100 valence electrons. The van der Waals surface area contributed by atoms with Gasteiger partial charge in [0.15, 0.2) is 0 Å². The molecule has 1 heterocycles. The molecule has 0 aliphatic carbocycles. The summed E-state index contributed by atoms with van der Waals surface area (Å²) in [6.45, 7) is 8.83. The van der Waals surface area contributed by atoms with Gasteiger partial charge in [0.1, 0.15) is 0 Å². The zero-order valence-corrected chi connectivity index (χ0v) is 11.9. The molecule has 18 heavy (non-hydrogen) atoms. The van der Waals surface area contributed by atoms with E-state index < -0.39 is 0 Å². The van der Waals surface area contributed by atoms with Crippen molar-refractivity contribution in [3.05, 3.63) is 34.9 Å². The van der Waals surface area contributed by atoms with Gasteiger partial charge < -0.3 is 5.73 Å². The quantitative estimate of drug-likeness (QED) is 0.887. The minimum absolute atomic E-state index is 0.145. The van der Waals surface area contributed by atoms with Crippen LogP contribution in [-0.4, -0.2) is 24.0 Å². The number of nitrogens with zero attached hydrogens (tertiary/aromatic N) is 1. The molecular weight excluding hydrogens is 220 g/mol. The number of hydrogen-bond acceptors (Lipinski definition) is 2. The van der Waals surface area contributed by atoms with Gasteiger partial charge in [0.2, 0.25) is 0 Å². The molecule has 1 aliphatic rings. The van der Waals surface area contributed by atoms with Crippen molar-refractivity contribution in [3.63, 3.8) is 0 Å². The van der Waals surface area contributed by atoms with Crippen molar-refractivity contribution < 1.29 is 0 Å². The molecule has 1 aromatic rings. The van der Waals surface area contributed by atoms with Crippen LogP contribution in [-0.2, 0) is 0 Å². The summed E-state index contributed by atoms with van der Waals surface area (Å²) < 4.78 is 0. The molecule has 2 nitrogen and oxygen atoms in total. The van der Waals surface area contributed by atoms with Crippen LogP contribution < -0.4 is 5.73 Å². The predicted octanol–water partition coefficient (Wildman–Crippen LogP) is 3.18. The summed E-state index contributed by atoms with van der Waals surface area (Å²) in [6.07, 6.45) is 4.01. The Hall–Kier alpha value is -0.860. The van der Waals surface area contributed by atoms with Crippen LogP contribution in [0.1, 0.15) is 48.9 Å². The second kappa shape index (κ2) is 5.85. The van der Waals surface area contributed by atoms with Crippen LogP contribution in [0.4, 0.5) is 0 Å². The van der Waals surface area contributed by atoms with Gasteiger partial charge in [-0.25, -0.2) is 0 Å². The zero-order valence-electron chi connectivity index (χ0n) is 11.9. The maximum absolute atomic E-state index is 6.40. The van der Waals surface area contributed by atoms with Gasteiger partial charge in [0.05, 0.1) is 0 Å². The third kappa shape index (κ3) is 3.12. The van der Waals surface area contributed by atoms with Crippen molar-refractivity contribution >= 4 is 0 Å². The largest absolute Gasteiger partial charge is 0.323 e. The lowest BCUT2D eigenvalue weighted by molar-refractivity contribution is 0.151. The highest BCUT2D eigenvalue weighted by Crippen LogP contribution is 2.22. The molecule has 0 radical (unpaired) electrons. The average Bonchev–Trinajstić information content (AvgIpc) is 2.32. The van der Waals surface area contributed by atoms with Gasteiger partial charge in [-0.1, -0.05) is 30.2 Å². The fourth-order valence-electron chi connectivity index (χ4n) is 3.02. The molecule has 0 spiro atoms. The molecule has 2 unspecified atom stereocenters. The van der Waals surface area contributed by atoms with Crippen molar-refractivity contribution in [2.24, 2.45) is 5.73 Å². The number of hydrogen-bond donors (Lipinski definition) is 1. The second-order valence-corrected chi connectivity index (χ2v) is 5.81. The summed E-state index contributed by atoms with van der Waals surface area (Å²) in [5.74, 6) is 0. The highest BCUT2D eigenvalue weighted by Gasteiger charge is 2.21. The third-order valence-corrected chi connectivity index (χ3v) is 4.20. The smallest absolute Gasteiger partial charge is 0.0427 e. The minimum Gasteiger partial charge on any atom is -0.323 e. The summed E-state index contributed by atoms with van der Waals surface area (Å²) in [5.41, 5.74) is 10.3. The number of rotatable bonds is 3. The van der Waals surface area contributed by atoms with E-state index in [1.807, 2.05) is 0 Å². The van der Waals surface area contributed by atoms with Crippen LogP contribution in [0.25, 0.3) is 0 Å². The highest BCUT2D eigenvalue weighted by atomic mass is 15.2. The standard InChI is InChI=1S/C16H26N2/c1-12-7-8-15(13(2)10-12)16(17)11-18-9-5-4-6-14(18)3/h7-8,10,14,16H,4-6,9,11,17H2,1-3H3. The Morgan fingerprint density at radius 2 is 2.11 bits per heavy atom. The number of aryl methyl sites for hydroxylation is 2. The monoisotopic (exact) mass is 246 g/mol. The van der Waals surface area contributed by atoms with Crippen molar-refractivity contribution in [1.29, 1.82) is 0 Å². The Bertz CT molecular complexity index is 400. The van der Waals surface area contributed by atoms with Gasteiger partial charge >= 0.3 is 0 Å². The lowest BCUT2D eigenvalue weighted by Crippen LogP contribution is -2.41. The Labute approximate surface area is 111 Å². The summed E-state index contributed by atoms with van der Waals surface area (Å²) in [7, 11) is 0. The Morgan fingerprint density at radius 1 is 1.33 bits per heavy atom. The average molecular weight is 246 g/mol. The molecule has 1 aromatic carbocycles. The zero-order chi connectivity index (χ0) is 13.1. The summed E-state index contributed by atoms with van der Waals surface area (Å²) >= 11 is 0. The van der Waals surface area contributed by atoms with Crippen LogP contribution in [0.15, 0.2) is 18.2 Å². The van der Waals surface area contributed by atoms with E-state index in [4.69, 9.17) is 5.73 Å². The molecular formula is C16H26N2. The highest BCUT2D eigenvalue weighted by molar-refractivity contribution is 5.32. The minimum atomic E-state index is 0.145. The van der Waals surface area contributed by atoms with Gasteiger partial charge in [-0.3, -0.25) is 4.90 Å². The second-order valence-electron chi connectivity index (χ2n) is 5.81. The van der Waals surface area contributed by atoms with Gasteiger partial charge in [-0.15, -0.1) is 0 Å². The molecule has 2 rings (SSSR count). The maximum Gasteiger partial charge on any atom is 0.0427 e. The Balaban J connectivity index is 2.04.